The van der Waals surface area contributed by atoms with Crippen molar-refractivity contribution in [3.63, 3.8) is 0 Å². The molecule has 0 aliphatic rings. The predicted molar refractivity (Wildman–Crippen MR) is 74.6 cm³/mol. The molecule has 2 rings (SSSR count). The highest BCUT2D eigenvalue weighted by Gasteiger charge is 2.10. The van der Waals surface area contributed by atoms with Gasteiger partial charge in [0, 0.05) is 12.3 Å². The number of sulfonamides is 1. The number of benzene rings is 1. The fraction of sp³-hybridized carbons (Fsp3) is 0.154. The van der Waals surface area contributed by atoms with E-state index in [1.165, 1.54) is 18.3 Å². The van der Waals surface area contributed by atoms with Crippen molar-refractivity contribution >= 4 is 15.7 Å². The molecule has 0 saturated carbocycles. The minimum absolute atomic E-state index is 0.00383. The van der Waals surface area contributed by atoms with Crippen molar-refractivity contribution in [1.29, 1.82) is 0 Å². The van der Waals surface area contributed by atoms with Crippen LogP contribution in [0.25, 0.3) is 0 Å². The topological polar surface area (TPSA) is 79.0 Å². The Bertz CT molecular complexity index is 673. The van der Waals surface area contributed by atoms with Gasteiger partial charge in [-0.05, 0) is 18.1 Å². The SMILES string of the molecule is O=c1ccc(NS(=O)(=O)CCc2ccccc2)c[nH]1. The molecule has 0 unspecified atom stereocenters. The normalized spacial score (nSPS) is 11.2. The Balaban J connectivity index is 1.99. The van der Waals surface area contributed by atoms with Crippen LogP contribution in [0.3, 0.4) is 0 Å². The molecule has 2 N–H and O–H groups in total. The number of aromatic amines is 1. The molecule has 19 heavy (non-hydrogen) atoms. The highest BCUT2D eigenvalue weighted by atomic mass is 32.2. The monoisotopic (exact) mass is 278 g/mol. The molecule has 0 atom stereocenters. The Labute approximate surface area is 111 Å². The van der Waals surface area contributed by atoms with E-state index in [0.29, 0.717) is 12.1 Å². The van der Waals surface area contributed by atoms with Crippen molar-refractivity contribution in [2.75, 3.05) is 10.5 Å². The van der Waals surface area contributed by atoms with Gasteiger partial charge in [0.15, 0.2) is 0 Å². The van der Waals surface area contributed by atoms with E-state index in [9.17, 15) is 13.2 Å². The van der Waals surface area contributed by atoms with Crippen LogP contribution in [0.4, 0.5) is 5.69 Å². The highest BCUT2D eigenvalue weighted by Crippen LogP contribution is 2.07. The standard InChI is InChI=1S/C13H14N2O3S/c16-13-7-6-12(10-14-13)15-19(17,18)9-8-11-4-2-1-3-5-11/h1-7,10,15H,8-9H2,(H,14,16). The molecule has 0 amide bonds. The summed E-state index contributed by atoms with van der Waals surface area (Å²) in [5.41, 5.74) is 1.05. The summed E-state index contributed by atoms with van der Waals surface area (Å²) in [4.78, 5) is 13.3. The van der Waals surface area contributed by atoms with Gasteiger partial charge in [0.1, 0.15) is 0 Å². The maximum absolute atomic E-state index is 11.9. The lowest BCUT2D eigenvalue weighted by atomic mass is 10.2. The Morgan fingerprint density at radius 3 is 2.42 bits per heavy atom. The number of aryl methyl sites for hydroxylation is 1. The Hall–Kier alpha value is -2.08. The van der Waals surface area contributed by atoms with Crippen LogP contribution in [-0.2, 0) is 16.4 Å². The molecule has 1 aromatic carbocycles. The quantitative estimate of drug-likeness (QED) is 0.866. The van der Waals surface area contributed by atoms with Crippen molar-refractivity contribution in [2.24, 2.45) is 0 Å². The summed E-state index contributed by atoms with van der Waals surface area (Å²) < 4.78 is 26.1. The van der Waals surface area contributed by atoms with E-state index < -0.39 is 10.0 Å². The number of H-pyrrole nitrogens is 1. The first-order valence-corrected chi connectivity index (χ1v) is 7.43. The van der Waals surface area contributed by atoms with Crippen LogP contribution in [0.1, 0.15) is 5.56 Å². The maximum atomic E-state index is 11.9. The number of nitrogens with one attached hydrogen (secondary N) is 2. The second-order valence-electron chi connectivity index (χ2n) is 4.10. The largest absolute Gasteiger partial charge is 0.327 e. The third-order valence-electron chi connectivity index (χ3n) is 2.56. The number of aromatic nitrogens is 1. The average molecular weight is 278 g/mol. The van der Waals surface area contributed by atoms with Crippen LogP contribution in [0, 0.1) is 0 Å². The van der Waals surface area contributed by atoms with Crippen molar-refractivity contribution in [2.45, 2.75) is 6.42 Å². The summed E-state index contributed by atoms with van der Waals surface area (Å²) in [5, 5.41) is 0. The van der Waals surface area contributed by atoms with Gasteiger partial charge in [-0.2, -0.15) is 0 Å². The first kappa shape index (κ1) is 13.4. The third-order valence-corrected chi connectivity index (χ3v) is 3.85. The van der Waals surface area contributed by atoms with E-state index in [0.717, 1.165) is 5.56 Å². The summed E-state index contributed by atoms with van der Waals surface area (Å²) in [6.07, 6.45) is 1.78. The van der Waals surface area contributed by atoms with Gasteiger partial charge >= 0.3 is 0 Å². The van der Waals surface area contributed by atoms with E-state index in [1.807, 2.05) is 30.3 Å². The predicted octanol–water partition coefficient (Wildman–Crippen LogP) is 1.36. The molecular weight excluding hydrogens is 264 g/mol. The lowest BCUT2D eigenvalue weighted by molar-refractivity contribution is 0.600. The zero-order chi connectivity index (χ0) is 13.7. The second kappa shape index (κ2) is 5.71. The first-order chi connectivity index (χ1) is 9.05. The molecule has 0 aliphatic heterocycles. The molecule has 1 heterocycles. The Kier molecular flexibility index (Phi) is 4.01. The van der Waals surface area contributed by atoms with E-state index in [1.54, 1.807) is 0 Å². The first-order valence-electron chi connectivity index (χ1n) is 5.78. The van der Waals surface area contributed by atoms with Gasteiger partial charge in [-0.1, -0.05) is 30.3 Å². The van der Waals surface area contributed by atoms with E-state index in [2.05, 4.69) is 9.71 Å². The lowest BCUT2D eigenvalue weighted by Gasteiger charge is -2.07. The van der Waals surface area contributed by atoms with Gasteiger partial charge in [-0.25, -0.2) is 8.42 Å². The molecular formula is C13H14N2O3S. The van der Waals surface area contributed by atoms with Crippen molar-refractivity contribution < 1.29 is 8.42 Å². The van der Waals surface area contributed by atoms with Crippen LogP contribution in [0.5, 0.6) is 0 Å². The fourth-order valence-corrected chi connectivity index (χ4v) is 2.69. The zero-order valence-corrected chi connectivity index (χ0v) is 11.0. The van der Waals surface area contributed by atoms with Crippen molar-refractivity contribution in [3.8, 4) is 0 Å². The number of pyridine rings is 1. The summed E-state index contributed by atoms with van der Waals surface area (Å²) in [7, 11) is -3.42. The molecule has 0 fully saturated rings. The fourth-order valence-electron chi connectivity index (χ4n) is 1.60. The number of hydrogen-bond donors (Lipinski definition) is 2. The molecule has 2 aromatic rings. The lowest BCUT2D eigenvalue weighted by Crippen LogP contribution is -2.19. The van der Waals surface area contributed by atoms with Gasteiger partial charge in [0.2, 0.25) is 15.6 Å². The van der Waals surface area contributed by atoms with E-state index in [4.69, 9.17) is 0 Å². The zero-order valence-electron chi connectivity index (χ0n) is 10.2. The van der Waals surface area contributed by atoms with Gasteiger partial charge in [-0.15, -0.1) is 0 Å². The maximum Gasteiger partial charge on any atom is 0.248 e. The second-order valence-corrected chi connectivity index (χ2v) is 5.94. The van der Waals surface area contributed by atoms with Crippen LogP contribution in [0.15, 0.2) is 53.5 Å². The van der Waals surface area contributed by atoms with E-state index in [-0.39, 0.29) is 11.3 Å². The van der Waals surface area contributed by atoms with Crippen LogP contribution >= 0.6 is 0 Å². The Morgan fingerprint density at radius 2 is 1.79 bits per heavy atom. The molecule has 1 aromatic heterocycles. The molecule has 0 bridgehead atoms. The van der Waals surface area contributed by atoms with Crippen LogP contribution < -0.4 is 10.3 Å². The number of hydrogen-bond acceptors (Lipinski definition) is 3. The molecule has 5 nitrogen and oxygen atoms in total. The molecule has 0 spiro atoms. The number of anilines is 1. The third kappa shape index (κ3) is 4.26. The summed E-state index contributed by atoms with van der Waals surface area (Å²) in [6.45, 7) is 0. The molecule has 0 saturated heterocycles. The van der Waals surface area contributed by atoms with Gasteiger partial charge in [0.25, 0.3) is 0 Å². The van der Waals surface area contributed by atoms with Gasteiger partial charge < -0.3 is 4.98 Å². The summed E-state index contributed by atoms with van der Waals surface area (Å²) in [5.74, 6) is -0.00383. The summed E-state index contributed by atoms with van der Waals surface area (Å²) >= 11 is 0. The highest BCUT2D eigenvalue weighted by molar-refractivity contribution is 7.92. The summed E-state index contributed by atoms with van der Waals surface area (Å²) in [6, 6.07) is 12.1. The molecule has 0 aliphatic carbocycles. The van der Waals surface area contributed by atoms with Gasteiger partial charge in [-0.3, -0.25) is 9.52 Å². The van der Waals surface area contributed by atoms with Crippen molar-refractivity contribution in [3.05, 3.63) is 64.6 Å². The van der Waals surface area contributed by atoms with Crippen molar-refractivity contribution in [1.82, 2.24) is 4.98 Å². The molecule has 0 radical (unpaired) electrons. The van der Waals surface area contributed by atoms with Gasteiger partial charge in [0.05, 0.1) is 11.4 Å². The Morgan fingerprint density at radius 1 is 1.05 bits per heavy atom. The number of rotatable bonds is 5. The average Bonchev–Trinajstić information content (AvgIpc) is 2.40. The smallest absolute Gasteiger partial charge is 0.248 e. The van der Waals surface area contributed by atoms with E-state index >= 15 is 0 Å². The molecule has 100 valence electrons. The minimum Gasteiger partial charge on any atom is -0.327 e. The minimum atomic E-state index is -3.42. The van der Waals surface area contributed by atoms with Crippen LogP contribution in [0.2, 0.25) is 0 Å². The van der Waals surface area contributed by atoms with Crippen LogP contribution in [-0.4, -0.2) is 19.2 Å². The molecule has 6 heteroatoms.